The highest BCUT2D eigenvalue weighted by Gasteiger charge is 2.04. The van der Waals surface area contributed by atoms with Crippen LogP contribution in [-0.2, 0) is 6.42 Å². The van der Waals surface area contributed by atoms with Crippen molar-refractivity contribution in [1.82, 2.24) is 9.97 Å². The van der Waals surface area contributed by atoms with E-state index in [9.17, 15) is 0 Å². The lowest BCUT2D eigenvalue weighted by atomic mass is 10.1. The highest BCUT2D eigenvalue weighted by atomic mass is 79.9. The fourth-order valence-electron chi connectivity index (χ4n) is 1.59. The van der Waals surface area contributed by atoms with Crippen molar-refractivity contribution in [3.05, 3.63) is 46.3 Å². The molecule has 0 atom stereocenters. The molecule has 0 saturated carbocycles. The van der Waals surface area contributed by atoms with Gasteiger partial charge in [-0.3, -0.25) is 0 Å². The molecule has 1 heterocycles. The first-order valence-electron chi connectivity index (χ1n) is 5.35. The molecule has 0 amide bonds. The van der Waals surface area contributed by atoms with Crippen LogP contribution in [-0.4, -0.2) is 15.8 Å². The lowest BCUT2D eigenvalue weighted by Gasteiger charge is -2.05. The summed E-state index contributed by atoms with van der Waals surface area (Å²) in [4.78, 5) is 8.87. The monoisotopic (exact) mass is 310 g/mol. The van der Waals surface area contributed by atoms with Crippen LogP contribution in [0.4, 0.5) is 0 Å². The third-order valence-corrected chi connectivity index (χ3v) is 3.08. The van der Waals surface area contributed by atoms with Crippen molar-refractivity contribution in [3.63, 3.8) is 0 Å². The van der Waals surface area contributed by atoms with Gasteiger partial charge in [0.1, 0.15) is 5.82 Å². The molecule has 0 N–H and O–H groups in total. The second-order valence-corrected chi connectivity index (χ2v) is 5.05. The summed E-state index contributed by atoms with van der Waals surface area (Å²) in [5.74, 6) is 1.35. The van der Waals surface area contributed by atoms with Crippen molar-refractivity contribution in [1.29, 1.82) is 0 Å². The van der Waals surface area contributed by atoms with E-state index in [0.717, 1.165) is 27.2 Å². The van der Waals surface area contributed by atoms with Crippen LogP contribution in [0.1, 0.15) is 11.5 Å². The van der Waals surface area contributed by atoms with E-state index >= 15 is 0 Å². The number of nitrogens with zero attached hydrogens (tertiary/aromatic N) is 2. The molecule has 0 unspecified atom stereocenters. The summed E-state index contributed by atoms with van der Waals surface area (Å²) in [5.41, 5.74) is 3.01. The highest BCUT2D eigenvalue weighted by molar-refractivity contribution is 9.10. The number of hydrogen-bond acceptors (Lipinski definition) is 2. The topological polar surface area (TPSA) is 25.8 Å². The van der Waals surface area contributed by atoms with Gasteiger partial charge in [0.25, 0.3) is 0 Å². The quantitative estimate of drug-likeness (QED) is 0.801. The Bertz CT molecular complexity index is 511. The van der Waals surface area contributed by atoms with Gasteiger partial charge in [0.05, 0.1) is 5.69 Å². The van der Waals surface area contributed by atoms with Gasteiger partial charge >= 0.3 is 0 Å². The second kappa shape index (κ2) is 5.61. The number of halogens is 2. The average molecular weight is 312 g/mol. The summed E-state index contributed by atoms with van der Waals surface area (Å²) in [5, 5.41) is 0. The van der Waals surface area contributed by atoms with Gasteiger partial charge in [-0.1, -0.05) is 28.1 Å². The Hall–Kier alpha value is -0.930. The Morgan fingerprint density at radius 3 is 2.53 bits per heavy atom. The Morgan fingerprint density at radius 2 is 1.88 bits per heavy atom. The first-order chi connectivity index (χ1) is 8.19. The van der Waals surface area contributed by atoms with Crippen LogP contribution in [0, 0.1) is 6.92 Å². The number of alkyl halides is 1. The first kappa shape index (κ1) is 12.5. The van der Waals surface area contributed by atoms with Gasteiger partial charge in [-0.2, -0.15) is 0 Å². The van der Waals surface area contributed by atoms with Crippen LogP contribution in [0.5, 0.6) is 0 Å². The van der Waals surface area contributed by atoms with Crippen LogP contribution >= 0.6 is 27.5 Å². The lowest BCUT2D eigenvalue weighted by Crippen LogP contribution is -1.99. The molecule has 88 valence electrons. The van der Waals surface area contributed by atoms with Gasteiger partial charge in [-0.25, -0.2) is 9.97 Å². The van der Waals surface area contributed by atoms with E-state index < -0.39 is 0 Å². The van der Waals surface area contributed by atoms with Crippen molar-refractivity contribution in [2.24, 2.45) is 0 Å². The second-order valence-electron chi connectivity index (χ2n) is 3.76. The Labute approximate surface area is 114 Å². The predicted octanol–water partition coefficient (Wildman–Crippen LogP) is 4.00. The molecule has 0 spiro atoms. The molecule has 1 aromatic carbocycles. The van der Waals surface area contributed by atoms with E-state index in [-0.39, 0.29) is 0 Å². The summed E-state index contributed by atoms with van der Waals surface area (Å²) in [6.07, 6.45) is 0.701. The molecular formula is C13H12BrClN2. The number of aryl methyl sites for hydroxylation is 2. The van der Waals surface area contributed by atoms with E-state index in [1.54, 1.807) is 0 Å². The summed E-state index contributed by atoms with van der Waals surface area (Å²) in [7, 11) is 0. The maximum absolute atomic E-state index is 5.72. The minimum Gasteiger partial charge on any atom is -0.238 e. The van der Waals surface area contributed by atoms with Gasteiger partial charge in [0, 0.05) is 28.0 Å². The number of hydrogen-bond donors (Lipinski definition) is 0. The third kappa shape index (κ3) is 3.27. The van der Waals surface area contributed by atoms with Crippen molar-refractivity contribution in [3.8, 4) is 11.3 Å². The van der Waals surface area contributed by atoms with Crippen molar-refractivity contribution in [2.75, 3.05) is 5.88 Å². The summed E-state index contributed by atoms with van der Waals surface area (Å²) < 4.78 is 1.06. The Morgan fingerprint density at radius 1 is 1.18 bits per heavy atom. The van der Waals surface area contributed by atoms with Crippen molar-refractivity contribution >= 4 is 27.5 Å². The van der Waals surface area contributed by atoms with E-state index in [0.29, 0.717) is 12.3 Å². The molecule has 1 aromatic heterocycles. The Balaban J connectivity index is 2.40. The smallest absolute Gasteiger partial charge is 0.130 e. The van der Waals surface area contributed by atoms with Crippen LogP contribution in [0.25, 0.3) is 11.3 Å². The molecule has 17 heavy (non-hydrogen) atoms. The minimum atomic E-state index is 0.545. The minimum absolute atomic E-state index is 0.545. The molecule has 0 aliphatic carbocycles. The number of benzene rings is 1. The van der Waals surface area contributed by atoms with E-state index in [2.05, 4.69) is 25.9 Å². The zero-order valence-corrected chi connectivity index (χ0v) is 11.8. The first-order valence-corrected chi connectivity index (χ1v) is 6.68. The maximum atomic E-state index is 5.72. The van der Waals surface area contributed by atoms with Gasteiger partial charge in [-0.05, 0) is 25.1 Å². The largest absolute Gasteiger partial charge is 0.238 e. The molecule has 0 radical (unpaired) electrons. The van der Waals surface area contributed by atoms with E-state index in [1.165, 1.54) is 0 Å². The summed E-state index contributed by atoms with van der Waals surface area (Å²) in [6.45, 7) is 1.97. The SMILES string of the molecule is Cc1cc(-c2ccc(Br)cc2)nc(CCCl)n1. The van der Waals surface area contributed by atoms with Crippen LogP contribution in [0.2, 0.25) is 0 Å². The maximum Gasteiger partial charge on any atom is 0.130 e. The molecule has 2 rings (SSSR count). The molecule has 0 fully saturated rings. The number of rotatable bonds is 3. The molecule has 0 bridgehead atoms. The van der Waals surface area contributed by atoms with Crippen LogP contribution in [0.3, 0.4) is 0 Å². The van der Waals surface area contributed by atoms with Crippen molar-refractivity contribution < 1.29 is 0 Å². The zero-order valence-electron chi connectivity index (χ0n) is 9.45. The van der Waals surface area contributed by atoms with Crippen molar-refractivity contribution in [2.45, 2.75) is 13.3 Å². The fraction of sp³-hybridized carbons (Fsp3) is 0.231. The molecular weight excluding hydrogens is 300 g/mol. The summed E-state index contributed by atoms with van der Waals surface area (Å²) >= 11 is 9.14. The lowest BCUT2D eigenvalue weighted by molar-refractivity contribution is 0.926. The van der Waals surface area contributed by atoms with E-state index in [1.807, 2.05) is 37.3 Å². The highest BCUT2D eigenvalue weighted by Crippen LogP contribution is 2.20. The molecule has 0 aliphatic heterocycles. The fourth-order valence-corrected chi connectivity index (χ4v) is 2.03. The van der Waals surface area contributed by atoms with Gasteiger partial charge < -0.3 is 0 Å². The normalized spacial score (nSPS) is 10.5. The summed E-state index contributed by atoms with van der Waals surface area (Å²) in [6, 6.07) is 10.1. The van der Waals surface area contributed by atoms with Crippen LogP contribution < -0.4 is 0 Å². The predicted molar refractivity (Wildman–Crippen MR) is 74.3 cm³/mol. The molecule has 0 saturated heterocycles. The molecule has 4 heteroatoms. The average Bonchev–Trinajstić information content (AvgIpc) is 2.29. The molecule has 0 aliphatic rings. The van der Waals surface area contributed by atoms with Gasteiger partial charge in [0.2, 0.25) is 0 Å². The zero-order chi connectivity index (χ0) is 12.3. The third-order valence-electron chi connectivity index (χ3n) is 2.36. The molecule has 2 nitrogen and oxygen atoms in total. The standard InChI is InChI=1S/C13H12BrClN2/c1-9-8-12(17-13(16-9)6-7-15)10-2-4-11(14)5-3-10/h2-5,8H,6-7H2,1H3. The van der Waals surface area contributed by atoms with Gasteiger partial charge in [0.15, 0.2) is 0 Å². The van der Waals surface area contributed by atoms with Crippen LogP contribution in [0.15, 0.2) is 34.8 Å². The van der Waals surface area contributed by atoms with E-state index in [4.69, 9.17) is 11.6 Å². The molecule has 2 aromatic rings. The Kier molecular flexibility index (Phi) is 4.13. The number of aromatic nitrogens is 2. The van der Waals surface area contributed by atoms with Gasteiger partial charge in [-0.15, -0.1) is 11.6 Å².